The van der Waals surface area contributed by atoms with E-state index in [1.807, 2.05) is 24.3 Å². The highest BCUT2D eigenvalue weighted by Gasteiger charge is 2.17. The summed E-state index contributed by atoms with van der Waals surface area (Å²) in [4.78, 5) is 12.0. The van der Waals surface area contributed by atoms with Crippen LogP contribution >= 0.6 is 0 Å². The van der Waals surface area contributed by atoms with Crippen LogP contribution in [0.2, 0.25) is 0 Å². The van der Waals surface area contributed by atoms with E-state index in [9.17, 15) is 4.79 Å². The average molecular weight is 288 g/mol. The quantitative estimate of drug-likeness (QED) is 0.821. The average Bonchev–Trinajstić information content (AvgIpc) is 3.02. The number of carbonyl (C=O) groups excluding carboxylic acids is 1. The highest BCUT2D eigenvalue weighted by atomic mass is 16.5. The summed E-state index contributed by atoms with van der Waals surface area (Å²) in [5, 5.41) is 17.1. The molecule has 1 atom stereocenters. The van der Waals surface area contributed by atoms with E-state index in [0.29, 0.717) is 25.3 Å². The summed E-state index contributed by atoms with van der Waals surface area (Å²) in [5.74, 6) is -0.0717. The molecule has 8 heteroatoms. The van der Waals surface area contributed by atoms with E-state index in [-0.39, 0.29) is 12.0 Å². The number of anilines is 1. The summed E-state index contributed by atoms with van der Waals surface area (Å²) in [6.45, 7) is 2.19. The van der Waals surface area contributed by atoms with Gasteiger partial charge in [-0.15, -0.1) is 5.10 Å². The zero-order chi connectivity index (χ0) is 14.5. The Morgan fingerprint density at radius 2 is 2.48 bits per heavy atom. The van der Waals surface area contributed by atoms with Crippen LogP contribution in [0.5, 0.6) is 0 Å². The first-order valence-corrected chi connectivity index (χ1v) is 6.77. The molecular formula is C13H16N6O2. The van der Waals surface area contributed by atoms with Gasteiger partial charge in [0.05, 0.1) is 24.8 Å². The van der Waals surface area contributed by atoms with Gasteiger partial charge in [0.1, 0.15) is 6.33 Å². The lowest BCUT2D eigenvalue weighted by Crippen LogP contribution is -2.40. The van der Waals surface area contributed by atoms with Crippen LogP contribution in [0, 0.1) is 0 Å². The van der Waals surface area contributed by atoms with Crippen LogP contribution in [0.15, 0.2) is 30.6 Å². The summed E-state index contributed by atoms with van der Waals surface area (Å²) >= 11 is 0. The van der Waals surface area contributed by atoms with Gasteiger partial charge in [0.25, 0.3) is 0 Å². The van der Waals surface area contributed by atoms with Gasteiger partial charge in [-0.2, -0.15) is 0 Å². The van der Waals surface area contributed by atoms with Crippen LogP contribution in [0.4, 0.5) is 5.69 Å². The third-order valence-corrected chi connectivity index (χ3v) is 3.16. The fraction of sp³-hybridized carbons (Fsp3) is 0.385. The summed E-state index contributed by atoms with van der Waals surface area (Å²) in [6.07, 6.45) is 1.77. The van der Waals surface area contributed by atoms with Crippen molar-refractivity contribution in [2.24, 2.45) is 0 Å². The number of amides is 1. The number of rotatable bonds is 4. The number of benzene rings is 1. The molecule has 2 aromatic rings. The maximum Gasteiger partial charge on any atom is 0.227 e. The van der Waals surface area contributed by atoms with Gasteiger partial charge in [0.15, 0.2) is 0 Å². The Bertz CT molecular complexity index is 594. The fourth-order valence-corrected chi connectivity index (χ4v) is 2.18. The van der Waals surface area contributed by atoms with Crippen LogP contribution in [-0.2, 0) is 9.53 Å². The molecule has 1 fully saturated rings. The van der Waals surface area contributed by atoms with Gasteiger partial charge in [0.2, 0.25) is 5.91 Å². The first-order valence-electron chi connectivity index (χ1n) is 6.77. The van der Waals surface area contributed by atoms with E-state index in [4.69, 9.17) is 4.74 Å². The topological polar surface area (TPSA) is 94.0 Å². The maximum absolute atomic E-state index is 12.0. The predicted molar refractivity (Wildman–Crippen MR) is 75.0 cm³/mol. The van der Waals surface area contributed by atoms with E-state index in [1.54, 1.807) is 0 Å². The smallest absolute Gasteiger partial charge is 0.227 e. The second kappa shape index (κ2) is 6.42. The second-order valence-electron chi connectivity index (χ2n) is 4.75. The minimum Gasteiger partial charge on any atom is -0.375 e. The van der Waals surface area contributed by atoms with Gasteiger partial charge in [-0.1, -0.05) is 6.07 Å². The molecule has 1 unspecified atom stereocenters. The number of tetrazole rings is 1. The molecule has 1 aromatic carbocycles. The van der Waals surface area contributed by atoms with Crippen molar-refractivity contribution < 1.29 is 9.53 Å². The van der Waals surface area contributed by atoms with Crippen molar-refractivity contribution in [1.82, 2.24) is 25.5 Å². The number of hydrogen-bond donors (Lipinski definition) is 2. The van der Waals surface area contributed by atoms with Gasteiger partial charge >= 0.3 is 0 Å². The molecule has 21 heavy (non-hydrogen) atoms. The van der Waals surface area contributed by atoms with Gasteiger partial charge in [0, 0.05) is 18.8 Å². The lowest BCUT2D eigenvalue weighted by atomic mass is 10.2. The maximum atomic E-state index is 12.0. The van der Waals surface area contributed by atoms with Crippen molar-refractivity contribution in [3.05, 3.63) is 30.6 Å². The SMILES string of the molecule is O=C(CC1CNCCO1)Nc1cccc(-n2cnnn2)c1. The molecule has 8 nitrogen and oxygen atoms in total. The molecule has 1 aromatic heterocycles. The first-order chi connectivity index (χ1) is 10.3. The molecule has 3 rings (SSSR count). The fourth-order valence-electron chi connectivity index (χ4n) is 2.18. The summed E-state index contributed by atoms with van der Waals surface area (Å²) < 4.78 is 7.05. The van der Waals surface area contributed by atoms with Gasteiger partial charge in [-0.05, 0) is 28.6 Å². The Morgan fingerprint density at radius 1 is 1.52 bits per heavy atom. The molecule has 1 aliphatic heterocycles. The van der Waals surface area contributed by atoms with E-state index >= 15 is 0 Å². The molecule has 0 radical (unpaired) electrons. The molecule has 2 heterocycles. The summed E-state index contributed by atoms with van der Waals surface area (Å²) in [5.41, 5.74) is 1.49. The van der Waals surface area contributed by atoms with E-state index in [2.05, 4.69) is 26.2 Å². The lowest BCUT2D eigenvalue weighted by Gasteiger charge is -2.23. The molecule has 1 saturated heterocycles. The van der Waals surface area contributed by atoms with E-state index in [1.165, 1.54) is 11.0 Å². The molecule has 0 saturated carbocycles. The van der Waals surface area contributed by atoms with Crippen molar-refractivity contribution in [3.8, 4) is 5.69 Å². The van der Waals surface area contributed by atoms with Gasteiger partial charge < -0.3 is 15.4 Å². The van der Waals surface area contributed by atoms with Crippen LogP contribution in [0.3, 0.4) is 0 Å². The molecule has 0 spiro atoms. The molecule has 1 amide bonds. The zero-order valence-corrected chi connectivity index (χ0v) is 11.4. The Kier molecular flexibility index (Phi) is 4.17. The zero-order valence-electron chi connectivity index (χ0n) is 11.4. The van der Waals surface area contributed by atoms with Crippen LogP contribution < -0.4 is 10.6 Å². The van der Waals surface area contributed by atoms with Crippen molar-refractivity contribution in [2.45, 2.75) is 12.5 Å². The van der Waals surface area contributed by atoms with Crippen LogP contribution in [0.25, 0.3) is 5.69 Å². The van der Waals surface area contributed by atoms with Gasteiger partial charge in [-0.25, -0.2) is 4.68 Å². The van der Waals surface area contributed by atoms with Crippen molar-refractivity contribution in [2.75, 3.05) is 25.0 Å². The number of nitrogens with zero attached hydrogens (tertiary/aromatic N) is 4. The monoisotopic (exact) mass is 288 g/mol. The second-order valence-corrected chi connectivity index (χ2v) is 4.75. The highest BCUT2D eigenvalue weighted by Crippen LogP contribution is 2.14. The number of morpholine rings is 1. The Morgan fingerprint density at radius 3 is 3.24 bits per heavy atom. The summed E-state index contributed by atoms with van der Waals surface area (Å²) in [7, 11) is 0. The molecular weight excluding hydrogens is 272 g/mol. The van der Waals surface area contributed by atoms with Crippen molar-refractivity contribution in [1.29, 1.82) is 0 Å². The Labute approximate surface area is 121 Å². The number of aromatic nitrogens is 4. The molecule has 110 valence electrons. The Balaban J connectivity index is 1.62. The predicted octanol–water partition coefficient (Wildman–Crippen LogP) is -0.0207. The highest BCUT2D eigenvalue weighted by molar-refractivity contribution is 5.91. The Hall–Kier alpha value is -2.32. The largest absolute Gasteiger partial charge is 0.375 e. The molecule has 1 aliphatic rings. The van der Waals surface area contributed by atoms with Gasteiger partial charge in [-0.3, -0.25) is 4.79 Å². The molecule has 0 bridgehead atoms. The number of hydrogen-bond acceptors (Lipinski definition) is 6. The van der Waals surface area contributed by atoms with Crippen molar-refractivity contribution in [3.63, 3.8) is 0 Å². The summed E-state index contributed by atoms with van der Waals surface area (Å²) in [6, 6.07) is 7.34. The van der Waals surface area contributed by atoms with E-state index < -0.39 is 0 Å². The standard InChI is InChI=1S/C13H16N6O2/c20-13(7-12-8-14-4-5-21-12)16-10-2-1-3-11(6-10)19-9-15-17-18-19/h1-3,6,9,12,14H,4-5,7-8H2,(H,16,20). The van der Waals surface area contributed by atoms with Crippen LogP contribution in [-0.4, -0.2) is 51.9 Å². The van der Waals surface area contributed by atoms with Crippen LogP contribution in [0.1, 0.15) is 6.42 Å². The molecule has 0 aliphatic carbocycles. The third-order valence-electron chi connectivity index (χ3n) is 3.16. The lowest BCUT2D eigenvalue weighted by molar-refractivity contribution is -0.119. The normalized spacial score (nSPS) is 18.4. The minimum atomic E-state index is -0.0717. The first kappa shape index (κ1) is 13.7. The molecule has 2 N–H and O–H groups in total. The number of ether oxygens (including phenoxy) is 1. The van der Waals surface area contributed by atoms with E-state index in [0.717, 1.165) is 12.2 Å². The number of nitrogens with one attached hydrogen (secondary N) is 2. The minimum absolute atomic E-state index is 0.0681. The van der Waals surface area contributed by atoms with Crippen molar-refractivity contribution >= 4 is 11.6 Å². The number of carbonyl (C=O) groups is 1. The third kappa shape index (κ3) is 3.61.